The molecule has 0 radical (unpaired) electrons. The number of piperazine rings is 1. The lowest BCUT2D eigenvalue weighted by Gasteiger charge is -2.35. The number of nitrogen functional groups attached to an aromatic ring is 1. The van der Waals surface area contributed by atoms with Crippen LogP contribution in [0.2, 0.25) is 5.02 Å². The average molecular weight is 353 g/mol. The summed E-state index contributed by atoms with van der Waals surface area (Å²) in [5.41, 5.74) is 6.99. The Morgan fingerprint density at radius 2 is 1.83 bits per heavy atom. The highest BCUT2D eigenvalue weighted by molar-refractivity contribution is 7.89. The SMILES string of the molecule is Nc1ccc(S(=O)(=O)N2CCN(c3cccc(Cl)c3)CC2)nc1. The first-order valence-corrected chi connectivity index (χ1v) is 9.01. The molecule has 2 heterocycles. The normalized spacial score (nSPS) is 16.5. The topological polar surface area (TPSA) is 79.5 Å². The van der Waals surface area contributed by atoms with Crippen molar-refractivity contribution >= 4 is 33.0 Å². The molecule has 2 aromatic rings. The summed E-state index contributed by atoms with van der Waals surface area (Å²) in [7, 11) is -3.58. The quantitative estimate of drug-likeness (QED) is 0.911. The van der Waals surface area contributed by atoms with Crippen LogP contribution in [0.25, 0.3) is 0 Å². The van der Waals surface area contributed by atoms with Gasteiger partial charge in [0.2, 0.25) is 0 Å². The summed E-state index contributed by atoms with van der Waals surface area (Å²) in [6, 6.07) is 10.5. The van der Waals surface area contributed by atoms with Crippen molar-refractivity contribution in [3.05, 3.63) is 47.6 Å². The van der Waals surface area contributed by atoms with E-state index in [4.69, 9.17) is 17.3 Å². The van der Waals surface area contributed by atoms with E-state index in [1.165, 1.54) is 16.6 Å². The molecule has 3 rings (SSSR count). The van der Waals surface area contributed by atoms with E-state index in [1.807, 2.05) is 24.3 Å². The Morgan fingerprint density at radius 3 is 2.43 bits per heavy atom. The van der Waals surface area contributed by atoms with E-state index in [9.17, 15) is 8.42 Å². The van der Waals surface area contributed by atoms with Crippen LogP contribution in [0.3, 0.4) is 0 Å². The van der Waals surface area contributed by atoms with Crippen LogP contribution in [0.15, 0.2) is 47.6 Å². The number of aromatic nitrogens is 1. The Morgan fingerprint density at radius 1 is 1.09 bits per heavy atom. The molecule has 1 aliphatic rings. The highest BCUT2D eigenvalue weighted by atomic mass is 35.5. The second-order valence-corrected chi connectivity index (χ2v) is 7.62. The standard InChI is InChI=1S/C15H17ClN4O2S/c16-12-2-1-3-14(10-12)19-6-8-20(9-7-19)23(21,22)15-5-4-13(17)11-18-15/h1-5,10-11H,6-9,17H2. The van der Waals surface area contributed by atoms with Gasteiger partial charge in [-0.05, 0) is 30.3 Å². The minimum Gasteiger partial charge on any atom is -0.397 e. The van der Waals surface area contributed by atoms with Crippen molar-refractivity contribution in [2.24, 2.45) is 0 Å². The summed E-state index contributed by atoms with van der Waals surface area (Å²) in [6.45, 7) is 2.02. The molecule has 0 atom stereocenters. The van der Waals surface area contributed by atoms with E-state index in [-0.39, 0.29) is 5.03 Å². The van der Waals surface area contributed by atoms with Crippen LogP contribution in [-0.4, -0.2) is 43.9 Å². The van der Waals surface area contributed by atoms with E-state index in [1.54, 1.807) is 6.07 Å². The third kappa shape index (κ3) is 3.41. The van der Waals surface area contributed by atoms with Gasteiger partial charge in [-0.1, -0.05) is 17.7 Å². The third-order valence-corrected chi connectivity index (χ3v) is 5.83. The summed E-state index contributed by atoms with van der Waals surface area (Å²) in [5.74, 6) is 0. The summed E-state index contributed by atoms with van der Waals surface area (Å²) >= 11 is 6.01. The number of halogens is 1. The Hall–Kier alpha value is -1.83. The lowest BCUT2D eigenvalue weighted by molar-refractivity contribution is 0.383. The lowest BCUT2D eigenvalue weighted by atomic mass is 10.2. The summed E-state index contributed by atoms with van der Waals surface area (Å²) in [6.07, 6.45) is 1.36. The van der Waals surface area contributed by atoms with Gasteiger partial charge in [-0.3, -0.25) is 0 Å². The maximum Gasteiger partial charge on any atom is 0.260 e. The van der Waals surface area contributed by atoms with Crippen molar-refractivity contribution in [1.82, 2.24) is 9.29 Å². The number of hydrogen-bond acceptors (Lipinski definition) is 5. The molecular weight excluding hydrogens is 336 g/mol. The van der Waals surface area contributed by atoms with Crippen LogP contribution in [0.5, 0.6) is 0 Å². The van der Waals surface area contributed by atoms with Crippen molar-refractivity contribution in [3.63, 3.8) is 0 Å². The van der Waals surface area contributed by atoms with Gasteiger partial charge in [-0.2, -0.15) is 4.31 Å². The van der Waals surface area contributed by atoms with Crippen LogP contribution < -0.4 is 10.6 Å². The molecule has 1 saturated heterocycles. The Balaban J connectivity index is 1.72. The number of rotatable bonds is 3. The second kappa shape index (κ2) is 6.35. The van der Waals surface area contributed by atoms with Gasteiger partial charge in [0.1, 0.15) is 0 Å². The Labute approximate surface area is 140 Å². The maximum absolute atomic E-state index is 12.6. The summed E-state index contributed by atoms with van der Waals surface area (Å²) in [4.78, 5) is 6.05. The molecule has 1 aliphatic heterocycles. The number of sulfonamides is 1. The molecule has 23 heavy (non-hydrogen) atoms. The van der Waals surface area contributed by atoms with E-state index in [0.29, 0.717) is 36.9 Å². The van der Waals surface area contributed by atoms with Crippen LogP contribution >= 0.6 is 11.6 Å². The van der Waals surface area contributed by atoms with Gasteiger partial charge in [-0.25, -0.2) is 13.4 Å². The molecule has 1 fully saturated rings. The highest BCUT2D eigenvalue weighted by Gasteiger charge is 2.29. The predicted molar refractivity (Wildman–Crippen MR) is 91.1 cm³/mol. The van der Waals surface area contributed by atoms with E-state index < -0.39 is 10.0 Å². The molecule has 0 bridgehead atoms. The lowest BCUT2D eigenvalue weighted by Crippen LogP contribution is -2.48. The molecule has 6 nitrogen and oxygen atoms in total. The maximum atomic E-state index is 12.6. The zero-order chi connectivity index (χ0) is 16.4. The van der Waals surface area contributed by atoms with Gasteiger partial charge in [0.25, 0.3) is 10.0 Å². The number of nitrogens with two attached hydrogens (primary N) is 1. The fourth-order valence-corrected chi connectivity index (χ4v) is 4.06. The first-order valence-electron chi connectivity index (χ1n) is 7.19. The summed E-state index contributed by atoms with van der Waals surface area (Å²) < 4.78 is 26.6. The van der Waals surface area contributed by atoms with Gasteiger partial charge in [-0.15, -0.1) is 0 Å². The van der Waals surface area contributed by atoms with Gasteiger partial charge < -0.3 is 10.6 Å². The number of hydrogen-bond donors (Lipinski definition) is 1. The van der Waals surface area contributed by atoms with Crippen molar-refractivity contribution in [2.45, 2.75) is 5.03 Å². The molecule has 0 aliphatic carbocycles. The highest BCUT2D eigenvalue weighted by Crippen LogP contribution is 2.23. The first kappa shape index (κ1) is 16.0. The fourth-order valence-electron chi connectivity index (χ4n) is 2.54. The van der Waals surface area contributed by atoms with Crippen molar-refractivity contribution < 1.29 is 8.42 Å². The molecule has 1 aromatic carbocycles. The number of anilines is 2. The molecule has 1 aromatic heterocycles. The smallest absolute Gasteiger partial charge is 0.260 e. The molecule has 122 valence electrons. The van der Waals surface area contributed by atoms with E-state index >= 15 is 0 Å². The van der Waals surface area contributed by atoms with Gasteiger partial charge >= 0.3 is 0 Å². The summed E-state index contributed by atoms with van der Waals surface area (Å²) in [5, 5.41) is 0.700. The van der Waals surface area contributed by atoms with E-state index in [0.717, 1.165) is 5.69 Å². The second-order valence-electron chi connectivity index (χ2n) is 5.30. The average Bonchev–Trinajstić information content (AvgIpc) is 2.55. The molecular formula is C15H17ClN4O2S. The molecule has 2 N–H and O–H groups in total. The molecule has 0 amide bonds. The fraction of sp³-hybridized carbons (Fsp3) is 0.267. The van der Waals surface area contributed by atoms with Crippen LogP contribution in [0.4, 0.5) is 11.4 Å². The largest absolute Gasteiger partial charge is 0.397 e. The first-order chi connectivity index (χ1) is 11.0. The number of pyridine rings is 1. The molecule has 0 unspecified atom stereocenters. The molecule has 8 heteroatoms. The van der Waals surface area contributed by atoms with Crippen LogP contribution in [0, 0.1) is 0 Å². The number of nitrogens with zero attached hydrogens (tertiary/aromatic N) is 3. The zero-order valence-corrected chi connectivity index (χ0v) is 14.0. The monoisotopic (exact) mass is 352 g/mol. The minimum atomic E-state index is -3.58. The van der Waals surface area contributed by atoms with Crippen molar-refractivity contribution in [1.29, 1.82) is 0 Å². The zero-order valence-electron chi connectivity index (χ0n) is 12.4. The van der Waals surface area contributed by atoms with Crippen LogP contribution in [0.1, 0.15) is 0 Å². The molecule has 0 spiro atoms. The Kier molecular flexibility index (Phi) is 4.43. The van der Waals surface area contributed by atoms with Gasteiger partial charge in [0.15, 0.2) is 5.03 Å². The van der Waals surface area contributed by atoms with Crippen molar-refractivity contribution in [3.8, 4) is 0 Å². The molecule has 0 saturated carbocycles. The Bertz CT molecular complexity index is 787. The van der Waals surface area contributed by atoms with E-state index in [2.05, 4.69) is 9.88 Å². The number of benzene rings is 1. The van der Waals surface area contributed by atoms with Gasteiger partial charge in [0.05, 0.1) is 11.9 Å². The third-order valence-electron chi connectivity index (χ3n) is 3.78. The predicted octanol–water partition coefficient (Wildman–Crippen LogP) is 1.83. The van der Waals surface area contributed by atoms with Gasteiger partial charge in [0, 0.05) is 36.9 Å². The van der Waals surface area contributed by atoms with Crippen molar-refractivity contribution in [2.75, 3.05) is 36.8 Å². The minimum absolute atomic E-state index is 0.0305. The van der Waals surface area contributed by atoms with Crippen LogP contribution in [-0.2, 0) is 10.0 Å².